The third kappa shape index (κ3) is 3.39. The monoisotopic (exact) mass is 485 g/mol. The van der Waals surface area contributed by atoms with Gasteiger partial charge in [0.2, 0.25) is 0 Å². The topological polar surface area (TPSA) is 71.5 Å². The maximum absolute atomic E-state index is 14.3. The second kappa shape index (κ2) is 7.75. The van der Waals surface area contributed by atoms with Gasteiger partial charge in [0.15, 0.2) is 5.78 Å². The smallest absolute Gasteiger partial charge is 0.270 e. The summed E-state index contributed by atoms with van der Waals surface area (Å²) in [6.45, 7) is 7.30. The highest BCUT2D eigenvalue weighted by atomic mass is 32.2. The molecule has 0 N–H and O–H groups in total. The Labute approximate surface area is 206 Å². The molecule has 5 rings (SSSR count). The van der Waals surface area contributed by atoms with Crippen molar-refractivity contribution in [2.75, 3.05) is 4.31 Å². The van der Waals surface area contributed by atoms with Crippen molar-refractivity contribution in [1.29, 1.82) is 0 Å². The van der Waals surface area contributed by atoms with Crippen LogP contribution in [-0.4, -0.2) is 20.1 Å². The molecule has 3 aromatic carbocycles. The van der Waals surface area contributed by atoms with Crippen LogP contribution in [0.2, 0.25) is 0 Å². The summed E-state index contributed by atoms with van der Waals surface area (Å²) in [5.41, 5.74) is 1.52. The van der Waals surface area contributed by atoms with Gasteiger partial charge < -0.3 is 0 Å². The summed E-state index contributed by atoms with van der Waals surface area (Å²) in [7, 11) is -4.19. The molecule has 5 nitrogen and oxygen atoms in total. The number of rotatable bonds is 3. The summed E-state index contributed by atoms with van der Waals surface area (Å²) >= 11 is 0. The van der Waals surface area contributed by atoms with Crippen LogP contribution in [0.25, 0.3) is 11.1 Å². The molecule has 1 aliphatic carbocycles. The lowest BCUT2D eigenvalue weighted by molar-refractivity contribution is -0.129. The van der Waals surface area contributed by atoms with E-state index in [1.807, 2.05) is 63.2 Å². The van der Waals surface area contributed by atoms with E-state index in [2.05, 4.69) is 0 Å². The van der Waals surface area contributed by atoms with Gasteiger partial charge in [-0.25, -0.2) is 12.7 Å². The molecule has 1 aliphatic heterocycles. The van der Waals surface area contributed by atoms with E-state index in [9.17, 15) is 18.0 Å². The number of anilines is 1. The van der Waals surface area contributed by atoms with Gasteiger partial charge in [0, 0.05) is 16.6 Å². The van der Waals surface area contributed by atoms with Crippen molar-refractivity contribution < 1.29 is 18.0 Å². The van der Waals surface area contributed by atoms with Gasteiger partial charge in [0.25, 0.3) is 15.9 Å². The lowest BCUT2D eigenvalue weighted by Crippen LogP contribution is -2.54. The van der Waals surface area contributed by atoms with Crippen LogP contribution in [0.1, 0.15) is 43.9 Å². The lowest BCUT2D eigenvalue weighted by Gasteiger charge is -2.48. The van der Waals surface area contributed by atoms with Gasteiger partial charge in [-0.3, -0.25) is 9.59 Å². The van der Waals surface area contributed by atoms with Crippen molar-refractivity contribution in [2.45, 2.75) is 39.0 Å². The first-order valence-electron chi connectivity index (χ1n) is 11.6. The average Bonchev–Trinajstić information content (AvgIpc) is 2.82. The molecule has 3 aromatic rings. The molecular weight excluding hydrogens is 458 g/mol. The molecule has 2 aliphatic rings. The average molecular weight is 486 g/mol. The minimum atomic E-state index is -4.19. The summed E-state index contributed by atoms with van der Waals surface area (Å²) in [4.78, 5) is 28.1. The Morgan fingerprint density at radius 1 is 0.800 bits per heavy atom. The minimum Gasteiger partial charge on any atom is -0.294 e. The molecule has 178 valence electrons. The number of sulfonamides is 1. The molecule has 1 amide bonds. The number of benzene rings is 3. The zero-order valence-electron chi connectivity index (χ0n) is 20.2. The number of amides is 1. The number of aryl methyl sites for hydroxylation is 1. The molecule has 0 spiro atoms. The first-order valence-corrected chi connectivity index (χ1v) is 13.0. The Morgan fingerprint density at radius 2 is 1.40 bits per heavy atom. The van der Waals surface area contributed by atoms with Gasteiger partial charge in [0.05, 0.1) is 16.0 Å². The van der Waals surface area contributed by atoms with Crippen LogP contribution in [0.5, 0.6) is 0 Å². The van der Waals surface area contributed by atoms with Gasteiger partial charge in [0.1, 0.15) is 0 Å². The van der Waals surface area contributed by atoms with Crippen molar-refractivity contribution in [2.24, 2.45) is 10.8 Å². The number of hydrogen-bond acceptors (Lipinski definition) is 4. The van der Waals surface area contributed by atoms with E-state index in [-0.39, 0.29) is 22.8 Å². The van der Waals surface area contributed by atoms with Gasteiger partial charge in [-0.2, -0.15) is 0 Å². The number of allylic oxidation sites excluding steroid dienone is 1. The fraction of sp³-hybridized carbons (Fsp3) is 0.241. The highest BCUT2D eigenvalue weighted by Gasteiger charge is 2.57. The lowest BCUT2D eigenvalue weighted by atomic mass is 9.57. The van der Waals surface area contributed by atoms with Crippen LogP contribution >= 0.6 is 0 Å². The second-order valence-corrected chi connectivity index (χ2v) is 12.0. The van der Waals surface area contributed by atoms with Crippen molar-refractivity contribution in [3.05, 3.63) is 95.6 Å². The van der Waals surface area contributed by atoms with Crippen molar-refractivity contribution in [3.8, 4) is 0 Å². The number of para-hydroxylation sites is 1. The number of carbonyl (C=O) groups is 2. The Bertz CT molecular complexity index is 1500. The summed E-state index contributed by atoms with van der Waals surface area (Å²) in [5.74, 6) is -0.589. The molecule has 0 radical (unpaired) electrons. The van der Waals surface area contributed by atoms with Gasteiger partial charge in [-0.1, -0.05) is 80.1 Å². The van der Waals surface area contributed by atoms with E-state index < -0.39 is 26.8 Å². The zero-order valence-corrected chi connectivity index (χ0v) is 21.0. The molecular formula is C29H27NO4S. The first kappa shape index (κ1) is 23.2. The fourth-order valence-electron chi connectivity index (χ4n) is 5.52. The van der Waals surface area contributed by atoms with E-state index in [0.29, 0.717) is 16.7 Å². The number of ketones is 1. The Hall–Kier alpha value is -3.51. The second-order valence-electron chi connectivity index (χ2n) is 10.2. The number of nitrogens with zero attached hydrogens (tertiary/aromatic N) is 1. The molecule has 6 heteroatoms. The van der Waals surface area contributed by atoms with Crippen molar-refractivity contribution in [1.82, 2.24) is 0 Å². The maximum atomic E-state index is 14.3. The summed E-state index contributed by atoms with van der Waals surface area (Å²) in [5, 5.41) is 0. The van der Waals surface area contributed by atoms with E-state index >= 15 is 0 Å². The molecule has 1 atom stereocenters. The number of hydrogen-bond donors (Lipinski definition) is 0. The normalized spacial score (nSPS) is 21.5. The third-order valence-electron chi connectivity index (χ3n) is 7.11. The number of carbonyl (C=O) groups excluding carboxylic acids is 2. The Morgan fingerprint density at radius 3 is 2.06 bits per heavy atom. The molecule has 0 saturated carbocycles. The Balaban J connectivity index is 1.86. The maximum Gasteiger partial charge on any atom is 0.270 e. The van der Waals surface area contributed by atoms with Crippen LogP contribution < -0.4 is 4.31 Å². The number of fused-ring (bicyclic) bond motifs is 3. The minimum absolute atomic E-state index is 0.0476. The van der Waals surface area contributed by atoms with Gasteiger partial charge in [-0.05, 0) is 49.6 Å². The van der Waals surface area contributed by atoms with E-state index in [1.54, 1.807) is 31.2 Å². The molecule has 1 unspecified atom stereocenters. The van der Waals surface area contributed by atoms with Crippen LogP contribution in [0, 0.1) is 17.8 Å². The quantitative estimate of drug-likeness (QED) is 0.481. The fourth-order valence-corrected chi connectivity index (χ4v) is 7.05. The van der Waals surface area contributed by atoms with Crippen molar-refractivity contribution >= 4 is 38.5 Å². The predicted molar refractivity (Wildman–Crippen MR) is 137 cm³/mol. The SMILES string of the molecule is Cc1ccc(S(=O)(=O)N2C(=O)C3(C)CC(C)(C)C(=O)C(c4ccccc4)=C3c3ccccc32)cc1. The highest BCUT2D eigenvalue weighted by molar-refractivity contribution is 7.93. The number of Topliss-reactive ketones (excluding diaryl/α,β-unsaturated/α-hetero) is 1. The van der Waals surface area contributed by atoms with Gasteiger partial charge >= 0.3 is 0 Å². The molecule has 35 heavy (non-hydrogen) atoms. The summed E-state index contributed by atoms with van der Waals surface area (Å²) < 4.78 is 28.7. The van der Waals surface area contributed by atoms with Crippen LogP contribution in [0.3, 0.4) is 0 Å². The van der Waals surface area contributed by atoms with Crippen molar-refractivity contribution in [3.63, 3.8) is 0 Å². The van der Waals surface area contributed by atoms with Crippen LogP contribution in [-0.2, 0) is 19.6 Å². The molecule has 1 heterocycles. The van der Waals surface area contributed by atoms with E-state index in [1.165, 1.54) is 12.1 Å². The molecule has 0 aromatic heterocycles. The third-order valence-corrected chi connectivity index (χ3v) is 8.82. The largest absolute Gasteiger partial charge is 0.294 e. The zero-order chi connectivity index (χ0) is 25.2. The van der Waals surface area contributed by atoms with Crippen LogP contribution in [0.15, 0.2) is 83.8 Å². The standard InChI is InChI=1S/C29H27NO4S/c1-19-14-16-21(17-15-19)35(33,34)30-23-13-9-8-12-22(23)25-24(20-10-6-5-7-11-20)26(31)28(2,3)18-29(25,4)27(30)32/h5-17H,18H2,1-4H3. The van der Waals surface area contributed by atoms with Gasteiger partial charge in [-0.15, -0.1) is 0 Å². The van der Waals surface area contributed by atoms with E-state index in [0.717, 1.165) is 15.4 Å². The van der Waals surface area contributed by atoms with E-state index in [4.69, 9.17) is 0 Å². The highest BCUT2D eigenvalue weighted by Crippen LogP contribution is 2.59. The predicted octanol–water partition coefficient (Wildman–Crippen LogP) is 5.65. The summed E-state index contributed by atoms with van der Waals surface area (Å²) in [6.07, 6.45) is 0.206. The molecule has 0 bridgehead atoms. The summed E-state index contributed by atoms with van der Waals surface area (Å²) in [6, 6.07) is 22.8. The van der Waals surface area contributed by atoms with Crippen LogP contribution in [0.4, 0.5) is 5.69 Å². The molecule has 0 fully saturated rings. The molecule has 0 saturated heterocycles. The first-order chi connectivity index (χ1) is 16.5. The Kier molecular flexibility index (Phi) is 5.15.